The molecule has 3 N–H and O–H groups in total. The van der Waals surface area contributed by atoms with E-state index in [0.29, 0.717) is 18.8 Å². The number of nitrogens with one attached hydrogen (secondary N) is 2. The number of carboxylic acid groups (broad SMARTS) is 1. The minimum absolute atomic E-state index is 0.125. The van der Waals surface area contributed by atoms with E-state index in [-0.39, 0.29) is 11.6 Å². The second-order valence-corrected chi connectivity index (χ2v) is 10.1. The molecule has 1 unspecified atom stereocenters. The fraction of sp³-hybridized carbons (Fsp3) is 0.321. The Hall–Kier alpha value is -4.07. The molecule has 0 saturated carbocycles. The highest BCUT2D eigenvalue weighted by Gasteiger charge is 2.36. The van der Waals surface area contributed by atoms with Gasteiger partial charge < -0.3 is 20.5 Å². The number of fused-ring (bicyclic) bond motifs is 1. The molecule has 3 aromatic rings. The van der Waals surface area contributed by atoms with Crippen molar-refractivity contribution in [3.05, 3.63) is 82.7 Å². The van der Waals surface area contributed by atoms with Gasteiger partial charge in [-0.1, -0.05) is 23.8 Å². The first-order valence-electron chi connectivity index (χ1n) is 11.9. The lowest BCUT2D eigenvalue weighted by Crippen LogP contribution is -2.38. The summed E-state index contributed by atoms with van der Waals surface area (Å²) in [6.07, 6.45) is 2.50. The molecule has 1 aromatic heterocycles. The number of carboxylic acids is 1. The average Bonchev–Trinajstić information content (AvgIpc) is 3.16. The standard InChI is InChI=1S/C28H32N4O4/c1-17-6-9-23(18(2)12-17)31-20-7-8-21-19(13-20)16-32(27(35)36-28(3,4)5)25(21)15-30-24-14-29-11-10-22(24)26(33)34/h6-14,25,30-31H,15-16H2,1-5H3,(H,33,34). The molecular formula is C28H32N4O4. The first kappa shape index (κ1) is 25.0. The van der Waals surface area contributed by atoms with Gasteiger partial charge in [-0.25, -0.2) is 9.59 Å². The second kappa shape index (κ2) is 9.89. The van der Waals surface area contributed by atoms with E-state index in [4.69, 9.17) is 4.74 Å². The van der Waals surface area contributed by atoms with Crippen molar-refractivity contribution in [2.45, 2.75) is 52.8 Å². The fourth-order valence-corrected chi connectivity index (χ4v) is 4.38. The number of ether oxygens (including phenoxy) is 1. The molecule has 8 nitrogen and oxygen atoms in total. The maximum Gasteiger partial charge on any atom is 0.411 e. The van der Waals surface area contributed by atoms with Gasteiger partial charge in [0.1, 0.15) is 5.60 Å². The van der Waals surface area contributed by atoms with Crippen molar-refractivity contribution >= 4 is 29.1 Å². The molecule has 0 aliphatic carbocycles. The lowest BCUT2D eigenvalue weighted by atomic mass is 10.0. The summed E-state index contributed by atoms with van der Waals surface area (Å²) in [6, 6.07) is 13.4. The number of carbonyl (C=O) groups is 2. The summed E-state index contributed by atoms with van der Waals surface area (Å²) in [4.78, 5) is 30.5. The van der Waals surface area contributed by atoms with Crippen molar-refractivity contribution in [2.75, 3.05) is 17.2 Å². The molecule has 188 valence electrons. The van der Waals surface area contributed by atoms with Crippen molar-refractivity contribution < 1.29 is 19.4 Å². The summed E-state index contributed by atoms with van der Waals surface area (Å²) in [5, 5.41) is 16.2. The zero-order valence-corrected chi connectivity index (χ0v) is 21.3. The predicted molar refractivity (Wildman–Crippen MR) is 140 cm³/mol. The molecule has 36 heavy (non-hydrogen) atoms. The minimum Gasteiger partial charge on any atom is -0.478 e. The Balaban J connectivity index is 1.61. The summed E-state index contributed by atoms with van der Waals surface area (Å²) < 4.78 is 5.69. The third kappa shape index (κ3) is 5.59. The van der Waals surface area contributed by atoms with Crippen LogP contribution in [-0.2, 0) is 11.3 Å². The van der Waals surface area contributed by atoms with E-state index in [0.717, 1.165) is 28.1 Å². The number of anilines is 3. The molecule has 2 heterocycles. The van der Waals surface area contributed by atoms with E-state index in [1.54, 1.807) is 4.90 Å². The molecule has 0 bridgehead atoms. The lowest BCUT2D eigenvalue weighted by molar-refractivity contribution is 0.0182. The van der Waals surface area contributed by atoms with Crippen LogP contribution < -0.4 is 10.6 Å². The zero-order chi connectivity index (χ0) is 26.0. The molecule has 1 aliphatic rings. The summed E-state index contributed by atoms with van der Waals surface area (Å²) in [5.41, 5.74) is 6.19. The van der Waals surface area contributed by atoms with Crippen LogP contribution in [0.3, 0.4) is 0 Å². The summed E-state index contributed by atoms with van der Waals surface area (Å²) in [7, 11) is 0. The van der Waals surface area contributed by atoms with Gasteiger partial charge in [-0.05, 0) is 75.6 Å². The van der Waals surface area contributed by atoms with Gasteiger partial charge >= 0.3 is 12.1 Å². The van der Waals surface area contributed by atoms with Crippen LogP contribution in [0.5, 0.6) is 0 Å². The molecule has 1 amide bonds. The van der Waals surface area contributed by atoms with E-state index >= 15 is 0 Å². The quantitative estimate of drug-likeness (QED) is 0.388. The Bertz CT molecular complexity index is 1300. The van der Waals surface area contributed by atoms with Crippen molar-refractivity contribution in [3.63, 3.8) is 0 Å². The molecule has 0 radical (unpaired) electrons. The van der Waals surface area contributed by atoms with Gasteiger partial charge in [0.2, 0.25) is 0 Å². The van der Waals surface area contributed by atoms with Crippen LogP contribution in [0.1, 0.15) is 59.4 Å². The molecule has 0 saturated heterocycles. The summed E-state index contributed by atoms with van der Waals surface area (Å²) >= 11 is 0. The molecular weight excluding hydrogens is 456 g/mol. The number of rotatable bonds is 6. The molecule has 4 rings (SSSR count). The van der Waals surface area contributed by atoms with Gasteiger partial charge in [0.25, 0.3) is 0 Å². The Morgan fingerprint density at radius 1 is 1.11 bits per heavy atom. The maximum atomic E-state index is 13.1. The number of carbonyl (C=O) groups excluding carboxylic acids is 1. The smallest absolute Gasteiger partial charge is 0.411 e. The third-order valence-corrected chi connectivity index (χ3v) is 6.05. The van der Waals surface area contributed by atoms with Crippen molar-refractivity contribution in [1.29, 1.82) is 0 Å². The van der Waals surface area contributed by atoms with Crippen LogP contribution in [-0.4, -0.2) is 39.2 Å². The van der Waals surface area contributed by atoms with Crippen LogP contribution in [0.25, 0.3) is 0 Å². The van der Waals surface area contributed by atoms with E-state index in [1.807, 2.05) is 32.9 Å². The average molecular weight is 489 g/mol. The fourth-order valence-electron chi connectivity index (χ4n) is 4.38. The SMILES string of the molecule is Cc1ccc(Nc2ccc3c(c2)CN(C(=O)OC(C)(C)C)C3CNc2cnccc2C(=O)O)c(C)c1. The number of pyridine rings is 1. The topological polar surface area (TPSA) is 104 Å². The zero-order valence-electron chi connectivity index (χ0n) is 21.3. The van der Waals surface area contributed by atoms with Crippen LogP contribution in [0.15, 0.2) is 54.9 Å². The van der Waals surface area contributed by atoms with E-state index in [1.165, 1.54) is 24.0 Å². The number of hydrogen-bond acceptors (Lipinski definition) is 6. The minimum atomic E-state index is -1.04. The number of hydrogen-bond donors (Lipinski definition) is 3. The monoisotopic (exact) mass is 488 g/mol. The normalized spacial score (nSPS) is 14.8. The van der Waals surface area contributed by atoms with Crippen LogP contribution in [0.2, 0.25) is 0 Å². The van der Waals surface area contributed by atoms with Crippen molar-refractivity contribution in [1.82, 2.24) is 9.88 Å². The molecule has 0 spiro atoms. The molecule has 1 aliphatic heterocycles. The first-order valence-corrected chi connectivity index (χ1v) is 11.9. The van der Waals surface area contributed by atoms with Crippen LogP contribution in [0, 0.1) is 13.8 Å². The Kier molecular flexibility index (Phi) is 6.88. The highest BCUT2D eigenvalue weighted by molar-refractivity contribution is 5.93. The van der Waals surface area contributed by atoms with Crippen molar-refractivity contribution in [3.8, 4) is 0 Å². The lowest BCUT2D eigenvalue weighted by Gasteiger charge is -2.29. The van der Waals surface area contributed by atoms with E-state index < -0.39 is 17.7 Å². The summed E-state index contributed by atoms with van der Waals surface area (Å²) in [6.45, 7) is 10.3. The predicted octanol–water partition coefficient (Wildman–Crippen LogP) is 6.04. The molecule has 2 aromatic carbocycles. The number of amides is 1. The Morgan fingerprint density at radius 2 is 1.89 bits per heavy atom. The first-order chi connectivity index (χ1) is 17.0. The number of nitrogens with zero attached hydrogens (tertiary/aromatic N) is 2. The molecule has 8 heteroatoms. The van der Waals surface area contributed by atoms with E-state index in [2.05, 4.69) is 53.7 Å². The number of aromatic nitrogens is 1. The maximum absolute atomic E-state index is 13.1. The number of aromatic carboxylic acids is 1. The number of aryl methyl sites for hydroxylation is 2. The molecule has 0 fully saturated rings. The molecule has 1 atom stereocenters. The van der Waals surface area contributed by atoms with Gasteiger partial charge in [-0.3, -0.25) is 9.88 Å². The van der Waals surface area contributed by atoms with Gasteiger partial charge in [-0.2, -0.15) is 0 Å². The number of benzene rings is 2. The van der Waals surface area contributed by atoms with E-state index in [9.17, 15) is 14.7 Å². The van der Waals surface area contributed by atoms with Gasteiger partial charge in [0.05, 0.1) is 30.0 Å². The Labute approximate surface area is 211 Å². The van der Waals surface area contributed by atoms with Gasteiger partial charge in [-0.15, -0.1) is 0 Å². The van der Waals surface area contributed by atoms with Crippen LogP contribution in [0.4, 0.5) is 21.9 Å². The Morgan fingerprint density at radius 3 is 2.58 bits per heavy atom. The largest absolute Gasteiger partial charge is 0.478 e. The van der Waals surface area contributed by atoms with Gasteiger partial charge in [0, 0.05) is 24.1 Å². The highest BCUT2D eigenvalue weighted by atomic mass is 16.6. The van der Waals surface area contributed by atoms with Crippen LogP contribution >= 0.6 is 0 Å². The highest BCUT2D eigenvalue weighted by Crippen LogP contribution is 2.37. The van der Waals surface area contributed by atoms with Crippen molar-refractivity contribution in [2.24, 2.45) is 0 Å². The summed E-state index contributed by atoms with van der Waals surface area (Å²) in [5.74, 6) is -1.04. The second-order valence-electron chi connectivity index (χ2n) is 10.1. The van der Waals surface area contributed by atoms with Gasteiger partial charge in [0.15, 0.2) is 0 Å². The third-order valence-electron chi connectivity index (χ3n) is 6.05.